The van der Waals surface area contributed by atoms with Crippen LogP contribution in [-0.2, 0) is 0 Å². The minimum Gasteiger partial charge on any atom is -0.347 e. The summed E-state index contributed by atoms with van der Waals surface area (Å²) in [6.45, 7) is 3.18. The van der Waals surface area contributed by atoms with Crippen LogP contribution in [0.4, 0.5) is 10.3 Å². The summed E-state index contributed by atoms with van der Waals surface area (Å²) in [6, 6.07) is 6.39. The quantitative estimate of drug-likeness (QED) is 0.629. The Morgan fingerprint density at radius 1 is 1.23 bits per heavy atom. The Bertz CT molecular complexity index is 1050. The topological polar surface area (TPSA) is 62.2 Å². The van der Waals surface area contributed by atoms with Crippen LogP contribution in [0, 0.1) is 12.7 Å². The first kappa shape index (κ1) is 20.4. The number of anilines is 1. The van der Waals surface area contributed by atoms with Gasteiger partial charge in [-0.25, -0.2) is 19.3 Å². The third-order valence-electron chi connectivity index (χ3n) is 5.40. The van der Waals surface area contributed by atoms with Crippen molar-refractivity contribution in [1.82, 2.24) is 19.9 Å². The van der Waals surface area contributed by atoms with Gasteiger partial charge in [0, 0.05) is 44.9 Å². The molecule has 1 aromatic carbocycles. The van der Waals surface area contributed by atoms with E-state index in [0.29, 0.717) is 17.4 Å². The lowest BCUT2D eigenvalue weighted by atomic mass is 9.90. The van der Waals surface area contributed by atoms with Crippen LogP contribution in [-0.4, -0.2) is 52.9 Å². The second-order valence-corrected chi connectivity index (χ2v) is 8.58. The predicted molar refractivity (Wildman–Crippen MR) is 116 cm³/mol. The Labute approximate surface area is 179 Å². The lowest BCUT2D eigenvalue weighted by molar-refractivity contribution is 0.0710. The molecule has 0 N–H and O–H groups in total. The summed E-state index contributed by atoms with van der Waals surface area (Å²) in [7, 11) is 3.81. The molecule has 1 aliphatic heterocycles. The number of amides is 1. The zero-order chi connectivity index (χ0) is 21.3. The van der Waals surface area contributed by atoms with E-state index in [4.69, 9.17) is 4.98 Å². The molecule has 1 aliphatic rings. The zero-order valence-electron chi connectivity index (χ0n) is 17.3. The van der Waals surface area contributed by atoms with Crippen molar-refractivity contribution in [3.05, 3.63) is 58.1 Å². The summed E-state index contributed by atoms with van der Waals surface area (Å²) in [5, 5.41) is 0. The van der Waals surface area contributed by atoms with Gasteiger partial charge in [0.05, 0.1) is 16.9 Å². The summed E-state index contributed by atoms with van der Waals surface area (Å²) >= 11 is 1.39. The Morgan fingerprint density at radius 2 is 2.00 bits per heavy atom. The van der Waals surface area contributed by atoms with Crippen LogP contribution >= 0.6 is 11.3 Å². The lowest BCUT2D eigenvalue weighted by Crippen LogP contribution is -2.39. The largest absolute Gasteiger partial charge is 0.347 e. The predicted octanol–water partition coefficient (Wildman–Crippen LogP) is 4.13. The van der Waals surface area contributed by atoms with Crippen LogP contribution in [0.1, 0.15) is 39.8 Å². The summed E-state index contributed by atoms with van der Waals surface area (Å²) < 4.78 is 13.4. The number of rotatable bonds is 4. The SMILES string of the molecule is Cc1ncsc1C(=O)N1CCC[C@H](c2nc(N(C)C)ncc2-c2ccc(F)cc2)C1. The van der Waals surface area contributed by atoms with Gasteiger partial charge >= 0.3 is 0 Å². The molecule has 1 fully saturated rings. The van der Waals surface area contributed by atoms with Crippen LogP contribution in [0.3, 0.4) is 0 Å². The Morgan fingerprint density at radius 3 is 2.67 bits per heavy atom. The van der Waals surface area contributed by atoms with Crippen molar-refractivity contribution in [2.45, 2.75) is 25.7 Å². The number of carbonyl (C=O) groups is 1. The minimum absolute atomic E-state index is 0.0323. The number of thiazole rings is 1. The van der Waals surface area contributed by atoms with E-state index in [-0.39, 0.29) is 17.6 Å². The molecule has 3 heterocycles. The van der Waals surface area contributed by atoms with E-state index >= 15 is 0 Å². The van der Waals surface area contributed by atoms with Crippen LogP contribution in [0.2, 0.25) is 0 Å². The van der Waals surface area contributed by atoms with Crippen LogP contribution in [0.25, 0.3) is 11.1 Å². The molecular formula is C22H24FN5OS. The standard InChI is InChI=1S/C22H24FN5OS/c1-14-20(30-13-25-14)21(29)28-10-4-5-16(12-28)19-18(11-24-22(26-19)27(2)3)15-6-8-17(23)9-7-15/h6-9,11,13,16H,4-5,10,12H2,1-3H3/t16-/m0/s1. The lowest BCUT2D eigenvalue weighted by Gasteiger charge is -2.33. The van der Waals surface area contributed by atoms with Gasteiger partial charge in [-0.15, -0.1) is 11.3 Å². The molecule has 1 atom stereocenters. The highest BCUT2D eigenvalue weighted by atomic mass is 32.1. The molecule has 0 radical (unpaired) electrons. The number of carbonyl (C=O) groups excluding carboxylic acids is 1. The van der Waals surface area contributed by atoms with Gasteiger partial charge < -0.3 is 9.80 Å². The zero-order valence-corrected chi connectivity index (χ0v) is 18.1. The molecule has 0 saturated carbocycles. The number of nitrogens with zero attached hydrogens (tertiary/aromatic N) is 5. The normalized spacial score (nSPS) is 16.5. The number of hydrogen-bond donors (Lipinski definition) is 0. The fourth-order valence-electron chi connectivity index (χ4n) is 3.80. The molecule has 0 unspecified atom stereocenters. The second-order valence-electron chi connectivity index (χ2n) is 7.73. The van der Waals surface area contributed by atoms with Crippen molar-refractivity contribution in [3.63, 3.8) is 0 Å². The number of aromatic nitrogens is 3. The van der Waals surface area contributed by atoms with E-state index in [2.05, 4.69) is 9.97 Å². The van der Waals surface area contributed by atoms with Crippen molar-refractivity contribution in [2.75, 3.05) is 32.1 Å². The van der Waals surface area contributed by atoms with E-state index < -0.39 is 0 Å². The number of likely N-dealkylation sites (tertiary alicyclic amines) is 1. The first-order chi connectivity index (χ1) is 14.4. The van der Waals surface area contributed by atoms with Crippen molar-refractivity contribution in [3.8, 4) is 11.1 Å². The molecule has 1 amide bonds. The Hall–Kier alpha value is -2.87. The van der Waals surface area contributed by atoms with Gasteiger partial charge in [0.15, 0.2) is 0 Å². The third kappa shape index (κ3) is 4.05. The number of hydrogen-bond acceptors (Lipinski definition) is 6. The minimum atomic E-state index is -0.277. The van der Waals surface area contributed by atoms with Crippen molar-refractivity contribution >= 4 is 23.2 Å². The number of piperidine rings is 1. The first-order valence-corrected chi connectivity index (χ1v) is 10.8. The highest BCUT2D eigenvalue weighted by Gasteiger charge is 2.30. The highest BCUT2D eigenvalue weighted by Crippen LogP contribution is 2.34. The molecule has 0 bridgehead atoms. The van der Waals surface area contributed by atoms with Gasteiger partial charge in [-0.1, -0.05) is 12.1 Å². The van der Waals surface area contributed by atoms with E-state index in [0.717, 1.165) is 41.9 Å². The maximum Gasteiger partial charge on any atom is 0.265 e. The van der Waals surface area contributed by atoms with Crippen LogP contribution < -0.4 is 4.90 Å². The third-order valence-corrected chi connectivity index (χ3v) is 6.31. The molecule has 0 aliphatic carbocycles. The van der Waals surface area contributed by atoms with Gasteiger partial charge in [-0.05, 0) is 37.5 Å². The molecular weight excluding hydrogens is 401 g/mol. The van der Waals surface area contributed by atoms with E-state index in [9.17, 15) is 9.18 Å². The molecule has 0 spiro atoms. The van der Waals surface area contributed by atoms with Gasteiger partial charge in [0.2, 0.25) is 5.95 Å². The van der Waals surface area contributed by atoms with Gasteiger partial charge in [-0.3, -0.25) is 4.79 Å². The number of halogens is 1. The fraction of sp³-hybridized carbons (Fsp3) is 0.364. The summed E-state index contributed by atoms with van der Waals surface area (Å²) in [5.41, 5.74) is 5.15. The maximum absolute atomic E-state index is 13.4. The highest BCUT2D eigenvalue weighted by molar-refractivity contribution is 7.11. The molecule has 1 saturated heterocycles. The average Bonchev–Trinajstić information content (AvgIpc) is 3.19. The number of aryl methyl sites for hydroxylation is 1. The first-order valence-electron chi connectivity index (χ1n) is 9.93. The second kappa shape index (κ2) is 8.47. The van der Waals surface area contributed by atoms with E-state index in [1.54, 1.807) is 23.8 Å². The summed E-state index contributed by atoms with van der Waals surface area (Å²) in [4.78, 5) is 31.0. The molecule has 2 aromatic heterocycles. The van der Waals surface area contributed by atoms with Crippen molar-refractivity contribution in [2.24, 2.45) is 0 Å². The monoisotopic (exact) mass is 425 g/mol. The maximum atomic E-state index is 13.4. The molecule has 8 heteroatoms. The van der Waals surface area contributed by atoms with Crippen molar-refractivity contribution < 1.29 is 9.18 Å². The average molecular weight is 426 g/mol. The van der Waals surface area contributed by atoms with E-state index in [1.165, 1.54) is 23.5 Å². The summed E-state index contributed by atoms with van der Waals surface area (Å²) in [5.74, 6) is 0.459. The molecule has 6 nitrogen and oxygen atoms in total. The van der Waals surface area contributed by atoms with Crippen molar-refractivity contribution in [1.29, 1.82) is 0 Å². The Kier molecular flexibility index (Phi) is 5.76. The van der Waals surface area contributed by atoms with Crippen LogP contribution in [0.15, 0.2) is 36.0 Å². The fourth-order valence-corrected chi connectivity index (χ4v) is 4.57. The summed E-state index contributed by atoms with van der Waals surface area (Å²) in [6.07, 6.45) is 3.64. The van der Waals surface area contributed by atoms with E-state index in [1.807, 2.05) is 30.8 Å². The van der Waals surface area contributed by atoms with Gasteiger partial charge in [0.25, 0.3) is 5.91 Å². The molecule has 156 valence electrons. The smallest absolute Gasteiger partial charge is 0.265 e. The number of benzene rings is 1. The Balaban J connectivity index is 1.69. The van der Waals surface area contributed by atoms with Gasteiger partial charge in [0.1, 0.15) is 10.7 Å². The molecule has 4 rings (SSSR count). The van der Waals surface area contributed by atoms with Gasteiger partial charge in [-0.2, -0.15) is 0 Å². The van der Waals surface area contributed by atoms with Crippen LogP contribution in [0.5, 0.6) is 0 Å². The molecule has 30 heavy (non-hydrogen) atoms. The molecule has 3 aromatic rings.